The predicted octanol–water partition coefficient (Wildman–Crippen LogP) is 3.41. The van der Waals surface area contributed by atoms with Gasteiger partial charge in [0.25, 0.3) is 0 Å². The molecule has 22 heavy (non-hydrogen) atoms. The molecule has 4 nitrogen and oxygen atoms in total. The standard InChI is InChI=1S/C15H16F3N3O/c1-9-5-13-10(7-12(9)15(16,17)18)6-11(20-13)8-19-14(22)21-3-2-4-21/h5-7,20H,2-4,8H2,1H3,(H,19,22). The molecule has 2 aromatic rings. The summed E-state index contributed by atoms with van der Waals surface area (Å²) in [7, 11) is 0. The summed E-state index contributed by atoms with van der Waals surface area (Å²) in [5.74, 6) is 0. The zero-order valence-electron chi connectivity index (χ0n) is 12.0. The van der Waals surface area contributed by atoms with Crippen molar-refractivity contribution < 1.29 is 18.0 Å². The van der Waals surface area contributed by atoms with E-state index in [2.05, 4.69) is 10.3 Å². The molecule has 1 saturated heterocycles. The van der Waals surface area contributed by atoms with E-state index in [1.807, 2.05) is 0 Å². The Morgan fingerprint density at radius 3 is 2.64 bits per heavy atom. The van der Waals surface area contributed by atoms with Crippen molar-refractivity contribution in [2.75, 3.05) is 13.1 Å². The molecule has 1 aromatic heterocycles. The summed E-state index contributed by atoms with van der Waals surface area (Å²) in [6, 6.07) is 4.12. The Balaban J connectivity index is 1.79. The van der Waals surface area contributed by atoms with E-state index < -0.39 is 11.7 Å². The lowest BCUT2D eigenvalue weighted by atomic mass is 10.1. The van der Waals surface area contributed by atoms with Crippen molar-refractivity contribution in [3.05, 3.63) is 35.0 Å². The van der Waals surface area contributed by atoms with Gasteiger partial charge in [0, 0.05) is 29.7 Å². The molecule has 3 rings (SSSR count). The predicted molar refractivity (Wildman–Crippen MR) is 76.5 cm³/mol. The van der Waals surface area contributed by atoms with Crippen molar-refractivity contribution in [2.24, 2.45) is 0 Å². The third-order valence-electron chi connectivity index (χ3n) is 3.90. The summed E-state index contributed by atoms with van der Waals surface area (Å²) < 4.78 is 38.7. The van der Waals surface area contributed by atoms with E-state index in [1.165, 1.54) is 13.0 Å². The van der Waals surface area contributed by atoms with Crippen LogP contribution in [0.3, 0.4) is 0 Å². The van der Waals surface area contributed by atoms with Gasteiger partial charge in [-0.25, -0.2) is 4.79 Å². The third kappa shape index (κ3) is 2.75. The molecule has 0 atom stereocenters. The number of rotatable bonds is 2. The van der Waals surface area contributed by atoms with Gasteiger partial charge in [-0.1, -0.05) is 0 Å². The topological polar surface area (TPSA) is 48.1 Å². The Morgan fingerprint density at radius 2 is 2.05 bits per heavy atom. The maximum absolute atomic E-state index is 12.9. The first-order valence-corrected chi connectivity index (χ1v) is 7.07. The minimum absolute atomic E-state index is 0.142. The average molecular weight is 311 g/mol. The number of carbonyl (C=O) groups is 1. The quantitative estimate of drug-likeness (QED) is 0.877. The van der Waals surface area contributed by atoms with Crippen molar-refractivity contribution in [1.82, 2.24) is 15.2 Å². The van der Waals surface area contributed by atoms with Crippen molar-refractivity contribution in [3.8, 4) is 0 Å². The largest absolute Gasteiger partial charge is 0.416 e. The van der Waals surface area contributed by atoms with Crippen LogP contribution in [0.5, 0.6) is 0 Å². The van der Waals surface area contributed by atoms with Gasteiger partial charge in [0.1, 0.15) is 0 Å². The van der Waals surface area contributed by atoms with Gasteiger partial charge in [0.2, 0.25) is 0 Å². The second-order valence-corrected chi connectivity index (χ2v) is 5.55. The van der Waals surface area contributed by atoms with Crippen LogP contribution >= 0.6 is 0 Å². The summed E-state index contributed by atoms with van der Waals surface area (Å²) >= 11 is 0. The van der Waals surface area contributed by atoms with Crippen molar-refractivity contribution >= 4 is 16.9 Å². The summed E-state index contributed by atoms with van der Waals surface area (Å²) in [5.41, 5.74) is 0.870. The smallest absolute Gasteiger partial charge is 0.357 e. The van der Waals surface area contributed by atoms with Gasteiger partial charge < -0.3 is 15.2 Å². The highest BCUT2D eigenvalue weighted by Gasteiger charge is 2.32. The lowest BCUT2D eigenvalue weighted by Gasteiger charge is -2.30. The van der Waals surface area contributed by atoms with Crippen LogP contribution in [0.25, 0.3) is 10.9 Å². The van der Waals surface area contributed by atoms with E-state index in [4.69, 9.17) is 0 Å². The monoisotopic (exact) mass is 311 g/mol. The molecule has 0 saturated carbocycles. The number of H-pyrrole nitrogens is 1. The first-order valence-electron chi connectivity index (χ1n) is 7.07. The number of aromatic amines is 1. The van der Waals surface area contributed by atoms with Gasteiger partial charge in [-0.05, 0) is 37.1 Å². The van der Waals surface area contributed by atoms with Gasteiger partial charge in [0.05, 0.1) is 12.1 Å². The number of hydrogen-bond donors (Lipinski definition) is 2. The molecule has 2 amide bonds. The molecule has 0 spiro atoms. The molecular weight excluding hydrogens is 295 g/mol. The number of benzene rings is 1. The molecular formula is C15H16F3N3O. The van der Waals surface area contributed by atoms with E-state index in [-0.39, 0.29) is 18.1 Å². The second-order valence-electron chi connectivity index (χ2n) is 5.55. The van der Waals surface area contributed by atoms with E-state index in [0.29, 0.717) is 16.6 Å². The number of fused-ring (bicyclic) bond motifs is 1. The van der Waals surface area contributed by atoms with E-state index in [9.17, 15) is 18.0 Å². The number of nitrogens with zero attached hydrogens (tertiary/aromatic N) is 1. The molecule has 1 fully saturated rings. The van der Waals surface area contributed by atoms with Crippen molar-refractivity contribution in [3.63, 3.8) is 0 Å². The zero-order chi connectivity index (χ0) is 15.9. The van der Waals surface area contributed by atoms with Gasteiger partial charge >= 0.3 is 12.2 Å². The third-order valence-corrected chi connectivity index (χ3v) is 3.90. The van der Waals surface area contributed by atoms with Gasteiger partial charge in [-0.3, -0.25) is 0 Å². The second kappa shape index (κ2) is 5.23. The molecule has 1 aromatic carbocycles. The zero-order valence-corrected chi connectivity index (χ0v) is 12.0. The fourth-order valence-corrected chi connectivity index (χ4v) is 2.55. The van der Waals surface area contributed by atoms with E-state index >= 15 is 0 Å². The molecule has 0 bridgehead atoms. The summed E-state index contributed by atoms with van der Waals surface area (Å²) in [5, 5.41) is 3.25. The molecule has 0 unspecified atom stereocenters. The SMILES string of the molecule is Cc1cc2[nH]c(CNC(=O)N3CCC3)cc2cc1C(F)(F)F. The van der Waals surface area contributed by atoms with Crippen LogP contribution in [0.2, 0.25) is 0 Å². The van der Waals surface area contributed by atoms with E-state index in [1.54, 1.807) is 11.0 Å². The normalized spacial score (nSPS) is 15.0. The number of aryl methyl sites for hydroxylation is 1. The van der Waals surface area contributed by atoms with Crippen LogP contribution in [0, 0.1) is 6.92 Å². The molecule has 1 aliphatic rings. The van der Waals surface area contributed by atoms with E-state index in [0.717, 1.165) is 25.6 Å². The van der Waals surface area contributed by atoms with Crippen LogP contribution in [-0.2, 0) is 12.7 Å². The molecule has 0 aliphatic carbocycles. The summed E-state index contributed by atoms with van der Waals surface area (Å²) in [6.07, 6.45) is -3.35. The fourth-order valence-electron chi connectivity index (χ4n) is 2.55. The maximum atomic E-state index is 12.9. The van der Waals surface area contributed by atoms with Crippen LogP contribution in [0.15, 0.2) is 18.2 Å². The first-order chi connectivity index (χ1) is 10.3. The maximum Gasteiger partial charge on any atom is 0.416 e. The van der Waals surface area contributed by atoms with Crippen LogP contribution in [0.4, 0.5) is 18.0 Å². The van der Waals surface area contributed by atoms with Crippen LogP contribution in [-0.4, -0.2) is 29.0 Å². The number of hydrogen-bond acceptors (Lipinski definition) is 1. The number of halogens is 3. The van der Waals surface area contributed by atoms with Crippen LogP contribution < -0.4 is 5.32 Å². The lowest BCUT2D eigenvalue weighted by Crippen LogP contribution is -2.47. The number of amides is 2. The lowest BCUT2D eigenvalue weighted by molar-refractivity contribution is -0.137. The highest BCUT2D eigenvalue weighted by molar-refractivity contribution is 5.82. The number of carbonyl (C=O) groups excluding carboxylic acids is 1. The average Bonchev–Trinajstić information content (AvgIpc) is 2.73. The van der Waals surface area contributed by atoms with Gasteiger partial charge in [-0.2, -0.15) is 13.2 Å². The first kappa shape index (κ1) is 14.7. The van der Waals surface area contributed by atoms with Crippen molar-refractivity contribution in [2.45, 2.75) is 26.1 Å². The minimum atomic E-state index is -4.36. The molecule has 2 N–H and O–H groups in total. The number of aromatic nitrogens is 1. The summed E-state index contributed by atoms with van der Waals surface area (Å²) in [6.45, 7) is 3.22. The molecule has 118 valence electrons. The van der Waals surface area contributed by atoms with Crippen molar-refractivity contribution in [1.29, 1.82) is 0 Å². The van der Waals surface area contributed by atoms with Crippen LogP contribution in [0.1, 0.15) is 23.2 Å². The Kier molecular flexibility index (Phi) is 3.50. The number of urea groups is 1. The number of alkyl halides is 3. The molecule has 2 heterocycles. The Labute approximate surface area is 125 Å². The molecule has 1 aliphatic heterocycles. The van der Waals surface area contributed by atoms with Gasteiger partial charge in [-0.15, -0.1) is 0 Å². The number of nitrogens with one attached hydrogen (secondary N) is 2. The minimum Gasteiger partial charge on any atom is -0.357 e. The highest BCUT2D eigenvalue weighted by atomic mass is 19.4. The fraction of sp³-hybridized carbons (Fsp3) is 0.400. The Hall–Kier alpha value is -2.18. The Bertz CT molecular complexity index is 717. The molecule has 0 radical (unpaired) electrons. The highest BCUT2D eigenvalue weighted by Crippen LogP contribution is 2.34. The number of likely N-dealkylation sites (tertiary alicyclic amines) is 1. The Morgan fingerprint density at radius 1 is 1.32 bits per heavy atom. The summed E-state index contributed by atoms with van der Waals surface area (Å²) in [4.78, 5) is 16.4. The van der Waals surface area contributed by atoms with Gasteiger partial charge in [0.15, 0.2) is 0 Å². The molecule has 7 heteroatoms.